The molecule has 0 bridgehead atoms. The number of Topliss-reactive ketones (excluding diaryl/α,β-unsaturated/α-hetero) is 1. The molecule has 2 aromatic heterocycles. The van der Waals surface area contributed by atoms with E-state index in [1.807, 2.05) is 0 Å². The van der Waals surface area contributed by atoms with Crippen LogP contribution in [0.15, 0.2) is 24.7 Å². The van der Waals surface area contributed by atoms with Crippen LogP contribution in [0.3, 0.4) is 0 Å². The van der Waals surface area contributed by atoms with E-state index < -0.39 is 54.4 Å². The average molecular weight is 434 g/mol. The number of aromatic nitrogens is 2. The van der Waals surface area contributed by atoms with Crippen molar-refractivity contribution in [3.05, 3.63) is 41.6 Å². The Balaban J connectivity index is 1.56. The molecule has 3 heterocycles. The smallest absolute Gasteiger partial charge is 0.325 e. The van der Waals surface area contributed by atoms with Gasteiger partial charge in [-0.1, -0.05) is 0 Å². The maximum absolute atomic E-state index is 13.6. The number of amides is 3. The highest BCUT2D eigenvalue weighted by Gasteiger charge is 2.55. The molecule has 1 N–H and O–H groups in total. The van der Waals surface area contributed by atoms with Gasteiger partial charge >= 0.3 is 6.03 Å². The third kappa shape index (κ3) is 3.60. The first-order valence-electron chi connectivity index (χ1n) is 9.85. The monoisotopic (exact) mass is 434 g/mol. The predicted octanol–water partition coefficient (Wildman–Crippen LogP) is 3.22. The van der Waals surface area contributed by atoms with E-state index in [9.17, 15) is 27.6 Å². The van der Waals surface area contributed by atoms with Crippen LogP contribution in [0.25, 0.3) is 11.3 Å². The largest absolute Gasteiger partial charge is 0.350 e. The minimum Gasteiger partial charge on any atom is -0.350 e. The maximum Gasteiger partial charge on any atom is 0.325 e. The Morgan fingerprint density at radius 1 is 1.19 bits per heavy atom. The predicted molar refractivity (Wildman–Crippen MR) is 104 cm³/mol. The number of nitrogens with one attached hydrogen (secondary N) is 1. The fourth-order valence-electron chi connectivity index (χ4n) is 4.42. The number of ketones is 1. The zero-order valence-electron chi connectivity index (χ0n) is 17.0. The third-order valence-electron chi connectivity index (χ3n) is 6.10. The molecule has 2 aliphatic rings. The van der Waals surface area contributed by atoms with Crippen LogP contribution < -0.4 is 5.32 Å². The summed E-state index contributed by atoms with van der Waals surface area (Å²) in [6, 6.07) is 0.538. The Labute approximate surface area is 176 Å². The number of hydrogen-bond acceptors (Lipinski definition) is 4. The maximum atomic E-state index is 13.6. The summed E-state index contributed by atoms with van der Waals surface area (Å²) in [5.41, 5.74) is 0.524. The summed E-state index contributed by atoms with van der Waals surface area (Å²) in [6.45, 7) is 1.18. The second kappa shape index (κ2) is 7.21. The van der Waals surface area contributed by atoms with Crippen molar-refractivity contribution in [2.24, 2.45) is 7.05 Å². The lowest BCUT2D eigenvalue weighted by atomic mass is 9.80. The first kappa shape index (κ1) is 21.1. The zero-order valence-corrected chi connectivity index (χ0v) is 17.0. The van der Waals surface area contributed by atoms with E-state index in [2.05, 4.69) is 10.3 Å². The van der Waals surface area contributed by atoms with Crippen LogP contribution in [-0.2, 0) is 11.8 Å². The van der Waals surface area contributed by atoms with Crippen LogP contribution in [0.5, 0.6) is 0 Å². The fourth-order valence-corrected chi connectivity index (χ4v) is 4.42. The van der Waals surface area contributed by atoms with E-state index >= 15 is 0 Å². The highest BCUT2D eigenvalue weighted by Crippen LogP contribution is 2.41. The van der Waals surface area contributed by atoms with Crippen LogP contribution >= 0.6 is 0 Å². The number of pyridine rings is 1. The summed E-state index contributed by atoms with van der Waals surface area (Å²) in [7, 11) is 1.69. The standard InChI is InChI=1S/C21H21F3N4O3/c1-12-15(10-27(2)17(12)13-7-14(22)9-25-8-13)16(29)11-28-18(30)20(26-19(28)31)3-5-21(23,24)6-4-20/h7-10H,3-6,11H2,1-2H3,(H,26,31). The summed E-state index contributed by atoms with van der Waals surface area (Å²) in [4.78, 5) is 42.9. The third-order valence-corrected chi connectivity index (χ3v) is 6.10. The van der Waals surface area contributed by atoms with Gasteiger partial charge in [0.05, 0.1) is 18.4 Å². The molecule has 0 atom stereocenters. The minimum absolute atomic E-state index is 0.170. The van der Waals surface area contributed by atoms with Crippen molar-refractivity contribution in [1.29, 1.82) is 0 Å². The lowest BCUT2D eigenvalue weighted by molar-refractivity contribution is -0.135. The zero-order chi connectivity index (χ0) is 22.6. The minimum atomic E-state index is -2.86. The van der Waals surface area contributed by atoms with E-state index in [4.69, 9.17) is 0 Å². The summed E-state index contributed by atoms with van der Waals surface area (Å²) in [5.74, 6) is -4.51. The molecule has 0 aromatic carbocycles. The molecule has 1 aliphatic carbocycles. The van der Waals surface area contributed by atoms with E-state index in [1.165, 1.54) is 12.3 Å². The topological polar surface area (TPSA) is 84.3 Å². The molecule has 10 heteroatoms. The molecule has 1 saturated heterocycles. The van der Waals surface area contributed by atoms with Crippen molar-refractivity contribution in [1.82, 2.24) is 19.8 Å². The molecule has 7 nitrogen and oxygen atoms in total. The van der Waals surface area contributed by atoms with Gasteiger partial charge < -0.3 is 9.88 Å². The first-order chi connectivity index (χ1) is 14.5. The van der Waals surface area contributed by atoms with Gasteiger partial charge in [-0.05, 0) is 31.4 Å². The van der Waals surface area contributed by atoms with Crippen LogP contribution in [-0.4, -0.2) is 50.2 Å². The molecule has 3 amide bonds. The lowest BCUT2D eigenvalue weighted by Gasteiger charge is -2.34. The van der Waals surface area contributed by atoms with Gasteiger partial charge in [0.15, 0.2) is 5.78 Å². The van der Waals surface area contributed by atoms with Gasteiger partial charge in [0, 0.05) is 43.4 Å². The molecule has 2 fully saturated rings. The Morgan fingerprint density at radius 2 is 1.87 bits per heavy atom. The summed E-state index contributed by atoms with van der Waals surface area (Å²) < 4.78 is 42.3. The summed E-state index contributed by atoms with van der Waals surface area (Å²) in [5, 5.41) is 2.52. The SMILES string of the molecule is Cc1c(C(=O)CN2C(=O)NC3(CCC(F)(F)CC3)C2=O)cn(C)c1-c1cncc(F)c1. The molecule has 1 saturated carbocycles. The molecule has 164 valence electrons. The molecule has 1 aliphatic heterocycles. The molecular weight excluding hydrogens is 413 g/mol. The van der Waals surface area contributed by atoms with Crippen molar-refractivity contribution in [2.75, 3.05) is 6.54 Å². The van der Waals surface area contributed by atoms with Crippen molar-refractivity contribution in [3.63, 3.8) is 0 Å². The molecule has 31 heavy (non-hydrogen) atoms. The Kier molecular flexibility index (Phi) is 4.90. The van der Waals surface area contributed by atoms with E-state index in [0.29, 0.717) is 16.8 Å². The quantitative estimate of drug-likeness (QED) is 0.592. The van der Waals surface area contributed by atoms with Gasteiger partial charge in [-0.15, -0.1) is 0 Å². The van der Waals surface area contributed by atoms with E-state index in [0.717, 1.165) is 11.1 Å². The van der Waals surface area contributed by atoms with Crippen molar-refractivity contribution in [2.45, 2.75) is 44.1 Å². The first-order valence-corrected chi connectivity index (χ1v) is 9.85. The van der Waals surface area contributed by atoms with E-state index in [-0.39, 0.29) is 18.4 Å². The fraction of sp³-hybridized carbons (Fsp3) is 0.429. The van der Waals surface area contributed by atoms with Gasteiger partial charge in [-0.3, -0.25) is 19.5 Å². The summed E-state index contributed by atoms with van der Waals surface area (Å²) in [6.07, 6.45) is 2.76. The number of carbonyl (C=O) groups excluding carboxylic acids is 3. The molecule has 0 unspecified atom stereocenters. The second-order valence-electron chi connectivity index (χ2n) is 8.20. The number of imide groups is 1. The number of hydrogen-bond donors (Lipinski definition) is 1. The van der Waals surface area contributed by atoms with Gasteiger partial charge in [0.1, 0.15) is 11.4 Å². The van der Waals surface area contributed by atoms with Crippen molar-refractivity contribution >= 4 is 17.7 Å². The van der Waals surface area contributed by atoms with Gasteiger partial charge in [-0.25, -0.2) is 18.0 Å². The highest BCUT2D eigenvalue weighted by atomic mass is 19.3. The van der Waals surface area contributed by atoms with Crippen molar-refractivity contribution < 1.29 is 27.6 Å². The Morgan fingerprint density at radius 3 is 2.52 bits per heavy atom. The number of alkyl halides is 2. The van der Waals surface area contributed by atoms with Gasteiger partial charge in [0.2, 0.25) is 5.92 Å². The van der Waals surface area contributed by atoms with Gasteiger partial charge in [-0.2, -0.15) is 0 Å². The van der Waals surface area contributed by atoms with Crippen LogP contribution in [0.1, 0.15) is 41.6 Å². The Hall–Kier alpha value is -3.17. The molecule has 0 radical (unpaired) electrons. The van der Waals surface area contributed by atoms with Gasteiger partial charge in [0.25, 0.3) is 5.91 Å². The highest BCUT2D eigenvalue weighted by molar-refractivity contribution is 6.11. The molecule has 2 aromatic rings. The van der Waals surface area contributed by atoms with E-state index in [1.54, 1.807) is 24.7 Å². The Bertz CT molecular complexity index is 1090. The lowest BCUT2D eigenvalue weighted by Crippen LogP contribution is -2.51. The number of rotatable bonds is 4. The number of urea groups is 1. The van der Waals surface area contributed by atoms with Crippen LogP contribution in [0, 0.1) is 12.7 Å². The van der Waals surface area contributed by atoms with Crippen molar-refractivity contribution in [3.8, 4) is 11.3 Å². The number of nitrogens with zero attached hydrogens (tertiary/aromatic N) is 3. The molecule has 4 rings (SSSR count). The number of halogens is 3. The molecule has 1 spiro atoms. The van der Waals surface area contributed by atoms with Crippen LogP contribution in [0.4, 0.5) is 18.0 Å². The normalized spacial score (nSPS) is 19.7. The van der Waals surface area contributed by atoms with Crippen LogP contribution in [0.2, 0.25) is 0 Å². The molecular formula is C21H21F3N4O3. The number of aryl methyl sites for hydroxylation is 1. The second-order valence-corrected chi connectivity index (χ2v) is 8.20. The summed E-state index contributed by atoms with van der Waals surface area (Å²) >= 11 is 0. The average Bonchev–Trinajstić information content (AvgIpc) is 3.12. The number of carbonyl (C=O) groups is 3.